The molecule has 0 radical (unpaired) electrons. The Bertz CT molecular complexity index is 566. The van der Waals surface area contributed by atoms with Crippen LogP contribution in [0.2, 0.25) is 0 Å². The van der Waals surface area contributed by atoms with Crippen molar-refractivity contribution in [1.82, 2.24) is 5.32 Å². The zero-order chi connectivity index (χ0) is 14.5. The van der Waals surface area contributed by atoms with Crippen LogP contribution in [-0.2, 0) is 0 Å². The van der Waals surface area contributed by atoms with Gasteiger partial charge >= 0.3 is 0 Å². The molecule has 0 aliphatic carbocycles. The lowest BCUT2D eigenvalue weighted by molar-refractivity contribution is 0.413. The average Bonchev–Trinajstić information content (AvgIpc) is 2.46. The third-order valence-corrected chi connectivity index (χ3v) is 3.12. The van der Waals surface area contributed by atoms with Gasteiger partial charge in [0.2, 0.25) is 0 Å². The van der Waals surface area contributed by atoms with Crippen molar-refractivity contribution < 1.29 is 13.5 Å². The van der Waals surface area contributed by atoms with Crippen LogP contribution in [0.3, 0.4) is 0 Å². The van der Waals surface area contributed by atoms with Crippen molar-refractivity contribution in [3.8, 4) is 5.75 Å². The van der Waals surface area contributed by atoms with E-state index in [-0.39, 0.29) is 5.56 Å². The summed E-state index contributed by atoms with van der Waals surface area (Å²) in [4.78, 5) is 0. The van der Waals surface area contributed by atoms with Gasteiger partial charge < -0.3 is 10.1 Å². The molecule has 0 spiro atoms. The van der Waals surface area contributed by atoms with Gasteiger partial charge in [-0.3, -0.25) is 0 Å². The molecule has 0 aliphatic rings. The summed E-state index contributed by atoms with van der Waals surface area (Å²) < 4.78 is 33.1. The van der Waals surface area contributed by atoms with E-state index in [9.17, 15) is 8.78 Å². The minimum absolute atomic E-state index is 0.0302. The zero-order valence-electron chi connectivity index (χ0n) is 11.5. The summed E-state index contributed by atoms with van der Waals surface area (Å²) in [7, 11) is 1.56. The molecule has 0 aliphatic heterocycles. The van der Waals surface area contributed by atoms with Crippen molar-refractivity contribution in [3.05, 3.63) is 65.2 Å². The van der Waals surface area contributed by atoms with Crippen LogP contribution in [0.4, 0.5) is 8.78 Å². The highest BCUT2D eigenvalue weighted by Crippen LogP contribution is 2.28. The maximum Gasteiger partial charge on any atom is 0.131 e. The van der Waals surface area contributed by atoms with E-state index >= 15 is 0 Å². The molecule has 2 aromatic rings. The van der Waals surface area contributed by atoms with Gasteiger partial charge in [0.05, 0.1) is 13.2 Å². The van der Waals surface area contributed by atoms with Crippen LogP contribution in [0.25, 0.3) is 0 Å². The smallest absolute Gasteiger partial charge is 0.131 e. The maximum absolute atomic E-state index is 14.0. The Hall–Kier alpha value is -1.94. The molecule has 0 fully saturated rings. The molecule has 0 heterocycles. The van der Waals surface area contributed by atoms with Crippen LogP contribution in [0.1, 0.15) is 24.1 Å². The van der Waals surface area contributed by atoms with E-state index in [2.05, 4.69) is 5.32 Å². The fourth-order valence-electron chi connectivity index (χ4n) is 2.20. The van der Waals surface area contributed by atoms with Crippen LogP contribution in [0.5, 0.6) is 5.75 Å². The second-order valence-electron chi connectivity index (χ2n) is 4.40. The summed E-state index contributed by atoms with van der Waals surface area (Å²) in [6, 6.07) is 10.5. The van der Waals surface area contributed by atoms with Gasteiger partial charge in [-0.25, -0.2) is 8.78 Å². The van der Waals surface area contributed by atoms with Gasteiger partial charge in [-0.1, -0.05) is 25.1 Å². The standard InChI is InChI=1S/C16H17F2NO/c1-3-19-16(11-6-4-7-12(10-11)20-2)15-13(17)8-5-9-14(15)18/h4-10,16,19H,3H2,1-2H3. The Morgan fingerprint density at radius 3 is 2.35 bits per heavy atom. The quantitative estimate of drug-likeness (QED) is 0.900. The van der Waals surface area contributed by atoms with E-state index in [1.807, 2.05) is 13.0 Å². The van der Waals surface area contributed by atoms with Gasteiger partial charge in [0.1, 0.15) is 17.4 Å². The molecule has 1 atom stereocenters. The summed E-state index contributed by atoms with van der Waals surface area (Å²) in [5, 5.41) is 3.11. The number of benzene rings is 2. The van der Waals surface area contributed by atoms with Crippen LogP contribution in [0.15, 0.2) is 42.5 Å². The first kappa shape index (κ1) is 14.5. The van der Waals surface area contributed by atoms with Crippen molar-refractivity contribution in [2.24, 2.45) is 0 Å². The number of rotatable bonds is 5. The molecule has 0 saturated heterocycles. The van der Waals surface area contributed by atoms with E-state index in [0.717, 1.165) is 5.56 Å². The summed E-state index contributed by atoms with van der Waals surface area (Å²) >= 11 is 0. The van der Waals surface area contributed by atoms with E-state index in [1.54, 1.807) is 25.3 Å². The van der Waals surface area contributed by atoms with E-state index in [4.69, 9.17) is 4.74 Å². The molecule has 4 heteroatoms. The van der Waals surface area contributed by atoms with Crippen LogP contribution in [0, 0.1) is 11.6 Å². The summed E-state index contributed by atoms with van der Waals surface area (Å²) in [6.45, 7) is 2.49. The minimum Gasteiger partial charge on any atom is -0.497 e. The van der Waals surface area contributed by atoms with E-state index in [0.29, 0.717) is 12.3 Å². The molecule has 1 N–H and O–H groups in total. The number of halogens is 2. The fourth-order valence-corrected chi connectivity index (χ4v) is 2.20. The molecule has 20 heavy (non-hydrogen) atoms. The predicted molar refractivity (Wildman–Crippen MR) is 74.9 cm³/mol. The monoisotopic (exact) mass is 277 g/mol. The van der Waals surface area contributed by atoms with Gasteiger partial charge in [-0.15, -0.1) is 0 Å². The highest BCUT2D eigenvalue weighted by atomic mass is 19.1. The van der Waals surface area contributed by atoms with Gasteiger partial charge in [0, 0.05) is 5.56 Å². The number of nitrogens with one attached hydrogen (secondary N) is 1. The lowest BCUT2D eigenvalue weighted by Crippen LogP contribution is -2.24. The SMILES string of the molecule is CCNC(c1cccc(OC)c1)c1c(F)cccc1F. The summed E-state index contributed by atoms with van der Waals surface area (Å²) in [5.41, 5.74) is 0.790. The maximum atomic E-state index is 14.0. The molecule has 1 unspecified atom stereocenters. The lowest BCUT2D eigenvalue weighted by atomic mass is 9.97. The Balaban J connectivity index is 2.50. The first-order valence-electron chi connectivity index (χ1n) is 6.48. The topological polar surface area (TPSA) is 21.3 Å². The Labute approximate surface area is 117 Å². The number of hydrogen-bond donors (Lipinski definition) is 1. The number of ether oxygens (including phenoxy) is 1. The molecule has 0 saturated carbocycles. The lowest BCUT2D eigenvalue weighted by Gasteiger charge is -2.20. The van der Waals surface area contributed by atoms with Crippen LogP contribution < -0.4 is 10.1 Å². The molecular weight excluding hydrogens is 260 g/mol. The first-order chi connectivity index (χ1) is 9.67. The van der Waals surface area contributed by atoms with Crippen molar-refractivity contribution >= 4 is 0 Å². The Morgan fingerprint density at radius 1 is 1.10 bits per heavy atom. The normalized spacial score (nSPS) is 12.2. The third kappa shape index (κ3) is 2.96. The Morgan fingerprint density at radius 2 is 1.75 bits per heavy atom. The predicted octanol–water partition coefficient (Wildman–Crippen LogP) is 3.67. The molecule has 106 valence electrons. The highest BCUT2D eigenvalue weighted by molar-refractivity contribution is 5.37. The minimum atomic E-state index is -0.557. The van der Waals surface area contributed by atoms with Crippen LogP contribution in [-0.4, -0.2) is 13.7 Å². The van der Waals surface area contributed by atoms with Crippen molar-refractivity contribution in [1.29, 1.82) is 0 Å². The molecule has 0 aromatic heterocycles. The van der Waals surface area contributed by atoms with Crippen molar-refractivity contribution in [2.75, 3.05) is 13.7 Å². The molecule has 0 bridgehead atoms. The molecule has 0 amide bonds. The first-order valence-corrected chi connectivity index (χ1v) is 6.48. The van der Waals surface area contributed by atoms with E-state index < -0.39 is 17.7 Å². The average molecular weight is 277 g/mol. The summed E-state index contributed by atoms with van der Waals surface area (Å²) in [5.74, 6) is -0.459. The number of methoxy groups -OCH3 is 1. The fraction of sp³-hybridized carbons (Fsp3) is 0.250. The van der Waals surface area contributed by atoms with Gasteiger partial charge in [-0.05, 0) is 36.4 Å². The highest BCUT2D eigenvalue weighted by Gasteiger charge is 2.21. The Kier molecular flexibility index (Phi) is 4.69. The number of hydrogen-bond acceptors (Lipinski definition) is 2. The molecule has 2 nitrogen and oxygen atoms in total. The summed E-state index contributed by atoms with van der Waals surface area (Å²) in [6.07, 6.45) is 0. The van der Waals surface area contributed by atoms with Gasteiger partial charge in [0.25, 0.3) is 0 Å². The molecule has 2 aromatic carbocycles. The van der Waals surface area contributed by atoms with Crippen molar-refractivity contribution in [3.63, 3.8) is 0 Å². The van der Waals surface area contributed by atoms with Crippen LogP contribution >= 0.6 is 0 Å². The van der Waals surface area contributed by atoms with Crippen molar-refractivity contribution in [2.45, 2.75) is 13.0 Å². The van der Waals surface area contributed by atoms with Gasteiger partial charge in [-0.2, -0.15) is 0 Å². The second-order valence-corrected chi connectivity index (χ2v) is 4.40. The second kappa shape index (κ2) is 6.48. The van der Waals surface area contributed by atoms with Gasteiger partial charge in [0.15, 0.2) is 0 Å². The zero-order valence-corrected chi connectivity index (χ0v) is 11.5. The largest absolute Gasteiger partial charge is 0.497 e. The third-order valence-electron chi connectivity index (χ3n) is 3.12. The molecular formula is C16H17F2NO. The van der Waals surface area contributed by atoms with E-state index in [1.165, 1.54) is 18.2 Å². The molecule has 2 rings (SSSR count).